The Morgan fingerprint density at radius 1 is 1.73 bits per heavy atom. The van der Waals surface area contributed by atoms with Gasteiger partial charge in [-0.25, -0.2) is 0 Å². The van der Waals surface area contributed by atoms with Gasteiger partial charge in [0, 0.05) is 11.5 Å². The van der Waals surface area contributed by atoms with Crippen molar-refractivity contribution < 1.29 is 9.90 Å². The first-order valence-electron chi connectivity index (χ1n) is 3.29. The van der Waals surface area contributed by atoms with E-state index in [2.05, 4.69) is 10.0 Å². The minimum absolute atomic E-state index is 0.231. The van der Waals surface area contributed by atoms with Crippen LogP contribution in [0.15, 0.2) is 5.11 Å². The standard InChI is InChI=1S/C4H8O2.C2H5N3/c1-3(2)4(5)6;1-2-4-5-3/h3H,1-2H3,(H,5,6);2H2,1H3. The molecule has 0 aliphatic heterocycles. The topological polar surface area (TPSA) is 86.1 Å². The molecule has 0 fully saturated rings. The van der Waals surface area contributed by atoms with Gasteiger partial charge >= 0.3 is 5.97 Å². The molecule has 0 aromatic rings. The van der Waals surface area contributed by atoms with Gasteiger partial charge in [0.25, 0.3) is 0 Å². The molecule has 64 valence electrons. The predicted molar refractivity (Wildman–Crippen MR) is 42.2 cm³/mol. The van der Waals surface area contributed by atoms with Crippen LogP contribution >= 0.6 is 0 Å². The number of azide groups is 1. The van der Waals surface area contributed by atoms with Crippen molar-refractivity contribution in [2.75, 3.05) is 6.54 Å². The third kappa shape index (κ3) is 17.7. The Morgan fingerprint density at radius 2 is 2.09 bits per heavy atom. The van der Waals surface area contributed by atoms with Crippen LogP contribution in [0.5, 0.6) is 0 Å². The van der Waals surface area contributed by atoms with Crippen molar-refractivity contribution in [3.63, 3.8) is 0 Å². The van der Waals surface area contributed by atoms with E-state index in [-0.39, 0.29) is 5.92 Å². The van der Waals surface area contributed by atoms with E-state index in [1.165, 1.54) is 0 Å². The van der Waals surface area contributed by atoms with Gasteiger partial charge in [0.15, 0.2) is 0 Å². The molecule has 0 saturated heterocycles. The first-order valence-corrected chi connectivity index (χ1v) is 3.29. The third-order valence-electron chi connectivity index (χ3n) is 0.699. The number of hydrogen-bond acceptors (Lipinski definition) is 2. The summed E-state index contributed by atoms with van der Waals surface area (Å²) < 4.78 is 0. The van der Waals surface area contributed by atoms with E-state index in [0.29, 0.717) is 6.54 Å². The second-order valence-electron chi connectivity index (χ2n) is 2.04. The number of carbonyl (C=O) groups is 1. The fourth-order valence-corrected chi connectivity index (χ4v) is 0.0632. The average molecular weight is 159 g/mol. The zero-order valence-corrected chi connectivity index (χ0v) is 6.98. The molecule has 0 spiro atoms. The summed E-state index contributed by atoms with van der Waals surface area (Å²) in [4.78, 5) is 12.2. The maximum Gasteiger partial charge on any atom is 0.305 e. The molecule has 0 radical (unpaired) electrons. The van der Waals surface area contributed by atoms with E-state index in [4.69, 9.17) is 10.6 Å². The zero-order chi connectivity index (χ0) is 9.28. The quantitative estimate of drug-likeness (QED) is 0.379. The fraction of sp³-hybridized carbons (Fsp3) is 0.833. The lowest BCUT2D eigenvalue weighted by molar-refractivity contribution is -0.140. The lowest BCUT2D eigenvalue weighted by atomic mass is 10.2. The van der Waals surface area contributed by atoms with Crippen LogP contribution in [0.1, 0.15) is 20.8 Å². The molecule has 0 rings (SSSR count). The SMILES string of the molecule is CC(C)C(=O)O.CCN=[N+]=[N-]. The van der Waals surface area contributed by atoms with Crippen molar-refractivity contribution in [1.29, 1.82) is 0 Å². The van der Waals surface area contributed by atoms with Crippen molar-refractivity contribution in [2.45, 2.75) is 20.8 Å². The molecule has 0 bridgehead atoms. The van der Waals surface area contributed by atoms with Crippen LogP contribution in [0.3, 0.4) is 0 Å². The minimum Gasteiger partial charge on any atom is -0.481 e. The highest BCUT2D eigenvalue weighted by Crippen LogP contribution is 1.87. The number of nitrogens with zero attached hydrogens (tertiary/aromatic N) is 3. The highest BCUT2D eigenvalue weighted by molar-refractivity contribution is 5.68. The highest BCUT2D eigenvalue weighted by atomic mass is 16.4. The summed E-state index contributed by atoms with van der Waals surface area (Å²) in [7, 11) is 0. The number of rotatable bonds is 2. The van der Waals surface area contributed by atoms with Gasteiger partial charge in [-0.2, -0.15) is 0 Å². The van der Waals surface area contributed by atoms with Crippen molar-refractivity contribution >= 4 is 5.97 Å². The number of hydrogen-bond donors (Lipinski definition) is 1. The third-order valence-corrected chi connectivity index (χ3v) is 0.699. The van der Waals surface area contributed by atoms with Gasteiger partial charge in [-0.15, -0.1) is 0 Å². The lowest BCUT2D eigenvalue weighted by Crippen LogP contribution is -2.03. The van der Waals surface area contributed by atoms with E-state index < -0.39 is 5.97 Å². The van der Waals surface area contributed by atoms with Crippen LogP contribution in [0.2, 0.25) is 0 Å². The van der Waals surface area contributed by atoms with Crippen LogP contribution in [0.4, 0.5) is 0 Å². The van der Waals surface area contributed by atoms with Crippen LogP contribution in [-0.4, -0.2) is 17.6 Å². The summed E-state index contributed by atoms with van der Waals surface area (Å²) in [6.07, 6.45) is 0. The first kappa shape index (κ1) is 12.5. The van der Waals surface area contributed by atoms with Gasteiger partial charge in [-0.3, -0.25) is 4.79 Å². The Labute approximate surface area is 65.7 Å². The normalized spacial score (nSPS) is 7.64. The molecule has 0 aromatic carbocycles. The molecule has 0 saturated carbocycles. The molecule has 5 nitrogen and oxygen atoms in total. The Morgan fingerprint density at radius 3 is 2.09 bits per heavy atom. The molecule has 5 heteroatoms. The van der Waals surface area contributed by atoms with Gasteiger partial charge in [-0.1, -0.05) is 25.9 Å². The monoisotopic (exact) mass is 159 g/mol. The van der Waals surface area contributed by atoms with Crippen molar-refractivity contribution in [1.82, 2.24) is 0 Å². The summed E-state index contributed by atoms with van der Waals surface area (Å²) in [5, 5.41) is 11.1. The van der Waals surface area contributed by atoms with E-state index in [0.717, 1.165) is 0 Å². The summed E-state index contributed by atoms with van der Waals surface area (Å²) in [5.74, 6) is -0.972. The summed E-state index contributed by atoms with van der Waals surface area (Å²) in [6, 6.07) is 0. The van der Waals surface area contributed by atoms with Crippen molar-refractivity contribution in [2.24, 2.45) is 11.0 Å². The Balaban J connectivity index is 0. The Kier molecular flexibility index (Phi) is 9.94. The van der Waals surface area contributed by atoms with Gasteiger partial charge in [0.2, 0.25) is 0 Å². The molecule has 0 heterocycles. The number of aliphatic carboxylic acids is 1. The minimum atomic E-state index is -0.741. The first-order chi connectivity index (χ1) is 5.06. The van der Waals surface area contributed by atoms with Crippen molar-refractivity contribution in [3.05, 3.63) is 10.4 Å². The molecular formula is C6H13N3O2. The lowest BCUT2D eigenvalue weighted by Gasteiger charge is -1.89. The largest absolute Gasteiger partial charge is 0.481 e. The average Bonchev–Trinajstić information content (AvgIpc) is 1.90. The molecule has 11 heavy (non-hydrogen) atoms. The summed E-state index contributed by atoms with van der Waals surface area (Å²) in [6.45, 7) is 5.63. The summed E-state index contributed by atoms with van der Waals surface area (Å²) in [5.41, 5.74) is 7.52. The highest BCUT2D eigenvalue weighted by Gasteiger charge is 1.99. The second-order valence-corrected chi connectivity index (χ2v) is 2.04. The Bertz CT molecular complexity index is 150. The second kappa shape index (κ2) is 8.78. The predicted octanol–water partition coefficient (Wildman–Crippen LogP) is 2.04. The van der Waals surface area contributed by atoms with Gasteiger partial charge in [0.05, 0.1) is 5.92 Å². The van der Waals surface area contributed by atoms with E-state index in [1.807, 2.05) is 0 Å². The number of carboxylic acids is 1. The molecule has 0 aliphatic rings. The van der Waals surface area contributed by atoms with Crippen LogP contribution in [0, 0.1) is 5.92 Å². The summed E-state index contributed by atoms with van der Waals surface area (Å²) >= 11 is 0. The molecule has 0 aromatic heterocycles. The van der Waals surface area contributed by atoms with E-state index in [1.54, 1.807) is 20.8 Å². The molecule has 0 atom stereocenters. The van der Waals surface area contributed by atoms with Gasteiger partial charge in [0.1, 0.15) is 0 Å². The van der Waals surface area contributed by atoms with Gasteiger partial charge in [-0.05, 0) is 5.53 Å². The van der Waals surface area contributed by atoms with Crippen molar-refractivity contribution in [3.8, 4) is 0 Å². The zero-order valence-electron chi connectivity index (χ0n) is 6.98. The van der Waals surface area contributed by atoms with Crippen LogP contribution in [-0.2, 0) is 4.79 Å². The maximum atomic E-state index is 9.70. The van der Waals surface area contributed by atoms with Crippen LogP contribution < -0.4 is 0 Å². The number of carboxylic acid groups (broad SMARTS) is 1. The fourth-order valence-electron chi connectivity index (χ4n) is 0.0632. The van der Waals surface area contributed by atoms with E-state index >= 15 is 0 Å². The maximum absolute atomic E-state index is 9.70. The molecular weight excluding hydrogens is 146 g/mol. The van der Waals surface area contributed by atoms with Gasteiger partial charge < -0.3 is 5.11 Å². The molecule has 0 aliphatic carbocycles. The van der Waals surface area contributed by atoms with E-state index in [9.17, 15) is 4.79 Å². The molecule has 0 unspecified atom stereocenters. The molecule has 1 N–H and O–H groups in total. The Hall–Kier alpha value is -1.22. The smallest absolute Gasteiger partial charge is 0.305 e. The van der Waals surface area contributed by atoms with Crippen LogP contribution in [0.25, 0.3) is 10.4 Å². The molecule has 0 amide bonds.